The summed E-state index contributed by atoms with van der Waals surface area (Å²) in [4.78, 5) is 32.0. The van der Waals surface area contributed by atoms with Crippen LogP contribution in [-0.2, 0) is 0 Å². The van der Waals surface area contributed by atoms with E-state index in [1.54, 1.807) is 24.3 Å². The van der Waals surface area contributed by atoms with Crippen LogP contribution in [0.2, 0.25) is 5.02 Å². The molecule has 8 heteroatoms. The van der Waals surface area contributed by atoms with Gasteiger partial charge in [0.2, 0.25) is 5.95 Å². The molecule has 1 amide bonds. The third kappa shape index (κ3) is 4.65. The first-order chi connectivity index (χ1) is 12.9. The molecule has 0 atom stereocenters. The molecule has 2 aromatic carbocycles. The van der Waals surface area contributed by atoms with Crippen LogP contribution in [0.1, 0.15) is 27.8 Å². The first-order valence-electron chi connectivity index (χ1n) is 7.90. The number of ketones is 1. The predicted octanol–water partition coefficient (Wildman–Crippen LogP) is 4.47. The van der Waals surface area contributed by atoms with Gasteiger partial charge in [0.15, 0.2) is 5.78 Å². The molecule has 3 aromatic rings. The van der Waals surface area contributed by atoms with Crippen molar-refractivity contribution in [1.82, 2.24) is 9.97 Å². The number of hydrogen-bond acceptors (Lipinski definition) is 5. The van der Waals surface area contributed by atoms with Crippen LogP contribution in [0.25, 0.3) is 0 Å². The van der Waals surface area contributed by atoms with Crippen LogP contribution in [0, 0.1) is 5.82 Å². The molecule has 0 aliphatic carbocycles. The van der Waals surface area contributed by atoms with Crippen molar-refractivity contribution in [1.29, 1.82) is 0 Å². The number of Topliss-reactive ketones (excluding diaryl/α,β-unsaturated/α-hetero) is 1. The van der Waals surface area contributed by atoms with Gasteiger partial charge in [0, 0.05) is 23.1 Å². The Morgan fingerprint density at radius 2 is 1.89 bits per heavy atom. The second-order valence-electron chi connectivity index (χ2n) is 5.61. The number of anilines is 3. The van der Waals surface area contributed by atoms with Gasteiger partial charge in [-0.1, -0.05) is 23.7 Å². The van der Waals surface area contributed by atoms with E-state index in [2.05, 4.69) is 20.6 Å². The quantitative estimate of drug-likeness (QED) is 0.634. The van der Waals surface area contributed by atoms with Crippen molar-refractivity contribution < 1.29 is 14.0 Å². The largest absolute Gasteiger partial charge is 0.324 e. The topological polar surface area (TPSA) is 84.0 Å². The molecule has 0 saturated carbocycles. The van der Waals surface area contributed by atoms with Crippen LogP contribution >= 0.6 is 11.6 Å². The Morgan fingerprint density at radius 3 is 2.63 bits per heavy atom. The second-order valence-corrected chi connectivity index (χ2v) is 6.02. The van der Waals surface area contributed by atoms with E-state index < -0.39 is 11.7 Å². The van der Waals surface area contributed by atoms with Gasteiger partial charge in [0.05, 0.1) is 5.02 Å². The summed E-state index contributed by atoms with van der Waals surface area (Å²) in [6.45, 7) is 1.47. The van der Waals surface area contributed by atoms with E-state index in [9.17, 15) is 14.0 Å². The average molecular weight is 385 g/mol. The van der Waals surface area contributed by atoms with Crippen LogP contribution in [0.4, 0.5) is 21.7 Å². The van der Waals surface area contributed by atoms with E-state index in [0.717, 1.165) is 6.07 Å². The number of amides is 1. The van der Waals surface area contributed by atoms with Gasteiger partial charge in [-0.2, -0.15) is 0 Å². The first kappa shape index (κ1) is 18.5. The maximum Gasteiger partial charge on any atom is 0.274 e. The highest BCUT2D eigenvalue weighted by Crippen LogP contribution is 2.20. The van der Waals surface area contributed by atoms with Crippen LogP contribution in [0.15, 0.2) is 54.7 Å². The fourth-order valence-electron chi connectivity index (χ4n) is 2.26. The first-order valence-corrected chi connectivity index (χ1v) is 8.27. The molecular weight excluding hydrogens is 371 g/mol. The molecule has 0 aliphatic rings. The molecular formula is C19H14ClFN4O2. The predicted molar refractivity (Wildman–Crippen MR) is 101 cm³/mol. The van der Waals surface area contributed by atoms with Gasteiger partial charge in [0.1, 0.15) is 11.5 Å². The maximum atomic E-state index is 13.2. The summed E-state index contributed by atoms with van der Waals surface area (Å²) in [6.07, 6.45) is 1.43. The molecule has 0 radical (unpaired) electrons. The molecule has 6 nitrogen and oxygen atoms in total. The Hall–Kier alpha value is -3.32. The third-order valence-corrected chi connectivity index (χ3v) is 3.88. The molecule has 0 unspecified atom stereocenters. The summed E-state index contributed by atoms with van der Waals surface area (Å²) in [6, 6.07) is 12.2. The number of carbonyl (C=O) groups excluding carboxylic acids is 2. The lowest BCUT2D eigenvalue weighted by atomic mass is 10.1. The maximum absolute atomic E-state index is 13.2. The minimum Gasteiger partial charge on any atom is -0.324 e. The number of aromatic nitrogens is 2. The van der Waals surface area contributed by atoms with Crippen LogP contribution < -0.4 is 10.6 Å². The molecule has 0 fully saturated rings. The molecule has 136 valence electrons. The Kier molecular flexibility index (Phi) is 5.42. The molecule has 1 aromatic heterocycles. The Morgan fingerprint density at radius 1 is 1.07 bits per heavy atom. The van der Waals surface area contributed by atoms with Gasteiger partial charge in [-0.25, -0.2) is 14.4 Å². The van der Waals surface area contributed by atoms with Gasteiger partial charge in [0.25, 0.3) is 5.91 Å². The van der Waals surface area contributed by atoms with E-state index in [1.165, 1.54) is 31.3 Å². The summed E-state index contributed by atoms with van der Waals surface area (Å²) in [7, 11) is 0. The van der Waals surface area contributed by atoms with Crippen molar-refractivity contribution in [2.24, 2.45) is 0 Å². The number of halogens is 2. The number of carbonyl (C=O) groups is 2. The van der Waals surface area contributed by atoms with Gasteiger partial charge in [-0.3, -0.25) is 9.59 Å². The Labute approximate surface area is 159 Å². The van der Waals surface area contributed by atoms with Crippen molar-refractivity contribution in [3.63, 3.8) is 0 Å². The highest BCUT2D eigenvalue weighted by Gasteiger charge is 2.11. The number of hydrogen-bond donors (Lipinski definition) is 2. The lowest BCUT2D eigenvalue weighted by Crippen LogP contribution is -2.14. The lowest BCUT2D eigenvalue weighted by molar-refractivity contribution is 0.101. The van der Waals surface area contributed by atoms with Crippen LogP contribution in [0.5, 0.6) is 0 Å². The van der Waals surface area contributed by atoms with E-state index in [0.29, 0.717) is 16.9 Å². The summed E-state index contributed by atoms with van der Waals surface area (Å²) >= 11 is 5.71. The molecule has 3 rings (SSSR count). The second kappa shape index (κ2) is 7.92. The summed E-state index contributed by atoms with van der Waals surface area (Å²) in [5.74, 6) is -0.942. The van der Waals surface area contributed by atoms with Crippen LogP contribution in [-0.4, -0.2) is 21.7 Å². The van der Waals surface area contributed by atoms with E-state index >= 15 is 0 Å². The summed E-state index contributed by atoms with van der Waals surface area (Å²) in [5.41, 5.74) is 1.61. The molecule has 2 N–H and O–H groups in total. The standard InChI is InChI=1S/C19H14ClFN4O2/c1-11(26)12-3-2-4-13(9-12)24-19-22-8-7-17(25-19)18(27)23-14-5-6-16(21)15(20)10-14/h2-10H,1H3,(H,23,27)(H,22,24,25). The van der Waals surface area contributed by atoms with E-state index in [1.807, 2.05) is 0 Å². The van der Waals surface area contributed by atoms with Gasteiger partial charge in [-0.15, -0.1) is 0 Å². The van der Waals surface area contributed by atoms with Crippen molar-refractivity contribution in [2.75, 3.05) is 10.6 Å². The fraction of sp³-hybridized carbons (Fsp3) is 0.0526. The Balaban J connectivity index is 1.76. The van der Waals surface area contributed by atoms with Gasteiger partial charge < -0.3 is 10.6 Å². The number of nitrogens with one attached hydrogen (secondary N) is 2. The molecule has 27 heavy (non-hydrogen) atoms. The number of nitrogens with zero attached hydrogens (tertiary/aromatic N) is 2. The minimum atomic E-state index is -0.573. The number of benzene rings is 2. The molecule has 0 spiro atoms. The fourth-order valence-corrected chi connectivity index (χ4v) is 2.44. The van der Waals surface area contributed by atoms with E-state index in [-0.39, 0.29) is 22.4 Å². The SMILES string of the molecule is CC(=O)c1cccc(Nc2nccc(C(=O)Nc3ccc(F)c(Cl)c3)n2)c1. The highest BCUT2D eigenvalue weighted by molar-refractivity contribution is 6.31. The van der Waals surface area contributed by atoms with Gasteiger partial charge >= 0.3 is 0 Å². The van der Waals surface area contributed by atoms with Crippen molar-refractivity contribution in [3.8, 4) is 0 Å². The lowest BCUT2D eigenvalue weighted by Gasteiger charge is -2.08. The zero-order valence-corrected chi connectivity index (χ0v) is 14.9. The molecule has 0 saturated heterocycles. The third-order valence-electron chi connectivity index (χ3n) is 3.59. The number of rotatable bonds is 5. The molecule has 0 bridgehead atoms. The van der Waals surface area contributed by atoms with Crippen molar-refractivity contribution >= 4 is 40.6 Å². The minimum absolute atomic E-state index is 0.0642. The smallest absolute Gasteiger partial charge is 0.274 e. The molecule has 1 heterocycles. The van der Waals surface area contributed by atoms with Crippen molar-refractivity contribution in [2.45, 2.75) is 6.92 Å². The zero-order chi connectivity index (χ0) is 19.4. The van der Waals surface area contributed by atoms with Crippen LogP contribution in [0.3, 0.4) is 0 Å². The normalized spacial score (nSPS) is 10.3. The van der Waals surface area contributed by atoms with E-state index in [4.69, 9.17) is 11.6 Å². The zero-order valence-electron chi connectivity index (χ0n) is 14.2. The highest BCUT2D eigenvalue weighted by atomic mass is 35.5. The summed E-state index contributed by atoms with van der Waals surface area (Å²) in [5, 5.41) is 5.44. The average Bonchev–Trinajstić information content (AvgIpc) is 2.65. The monoisotopic (exact) mass is 384 g/mol. The molecule has 0 aliphatic heterocycles. The van der Waals surface area contributed by atoms with Crippen molar-refractivity contribution in [3.05, 3.63) is 76.8 Å². The summed E-state index contributed by atoms with van der Waals surface area (Å²) < 4.78 is 13.2. The Bertz CT molecular complexity index is 1030. The van der Waals surface area contributed by atoms with Gasteiger partial charge in [-0.05, 0) is 43.3 Å².